The largest absolute Gasteiger partial charge is 0.371 e. The van der Waals surface area contributed by atoms with Gasteiger partial charge in [0.25, 0.3) is 0 Å². The third kappa shape index (κ3) is 1.95. The second-order valence-corrected chi connectivity index (χ2v) is 6.20. The van der Waals surface area contributed by atoms with Gasteiger partial charge in [0.2, 0.25) is 0 Å². The fraction of sp³-hybridized carbons (Fsp3) is 0.429. The molecule has 4 heteroatoms. The first kappa shape index (κ1) is 12.4. The minimum absolute atomic E-state index is 0.190. The first-order chi connectivity index (χ1) is 8.70. The Morgan fingerprint density at radius 1 is 1.50 bits per heavy atom. The van der Waals surface area contributed by atoms with Gasteiger partial charge in [-0.05, 0) is 49.0 Å². The summed E-state index contributed by atoms with van der Waals surface area (Å²) >= 11 is 8.09. The van der Waals surface area contributed by atoms with E-state index in [0.717, 1.165) is 30.2 Å². The van der Waals surface area contributed by atoms with Crippen molar-refractivity contribution in [2.75, 3.05) is 20.2 Å². The number of hydrogen-bond donors (Lipinski definition) is 1. The van der Waals surface area contributed by atoms with Crippen molar-refractivity contribution in [1.29, 1.82) is 0 Å². The fourth-order valence-corrected chi connectivity index (χ4v) is 4.07. The van der Waals surface area contributed by atoms with Gasteiger partial charge < -0.3 is 10.1 Å². The van der Waals surface area contributed by atoms with Crippen LogP contribution in [0.1, 0.15) is 22.1 Å². The van der Waals surface area contributed by atoms with Crippen LogP contribution in [0.3, 0.4) is 0 Å². The number of rotatable bonds is 2. The molecule has 1 unspecified atom stereocenters. The minimum atomic E-state index is 0.190. The zero-order chi connectivity index (χ0) is 12.7. The molecule has 0 saturated heterocycles. The van der Waals surface area contributed by atoms with Crippen molar-refractivity contribution in [1.82, 2.24) is 5.32 Å². The van der Waals surface area contributed by atoms with Crippen molar-refractivity contribution in [2.24, 2.45) is 0 Å². The normalized spacial score (nSPS) is 19.2. The molecule has 2 heterocycles. The van der Waals surface area contributed by atoms with Gasteiger partial charge in [0.05, 0.1) is 6.61 Å². The number of ether oxygens (including phenoxy) is 1. The van der Waals surface area contributed by atoms with E-state index in [0.29, 0.717) is 0 Å². The van der Waals surface area contributed by atoms with E-state index in [2.05, 4.69) is 24.4 Å². The van der Waals surface area contributed by atoms with Crippen LogP contribution in [0.2, 0.25) is 5.02 Å². The van der Waals surface area contributed by atoms with Crippen molar-refractivity contribution >= 4 is 33.0 Å². The van der Waals surface area contributed by atoms with Crippen LogP contribution in [0.25, 0.3) is 10.1 Å². The lowest BCUT2D eigenvalue weighted by atomic mass is 10.0. The van der Waals surface area contributed by atoms with E-state index in [4.69, 9.17) is 16.3 Å². The average Bonchev–Trinajstić information content (AvgIpc) is 2.70. The van der Waals surface area contributed by atoms with Crippen LogP contribution in [-0.2, 0) is 11.2 Å². The summed E-state index contributed by atoms with van der Waals surface area (Å²) in [5, 5.41) is 5.38. The first-order valence-electron chi connectivity index (χ1n) is 6.18. The van der Waals surface area contributed by atoms with E-state index in [1.54, 1.807) is 0 Å². The summed E-state index contributed by atoms with van der Waals surface area (Å²) in [6.45, 7) is 3.73. The van der Waals surface area contributed by atoms with Crippen molar-refractivity contribution < 1.29 is 4.74 Å². The lowest BCUT2D eigenvalue weighted by Crippen LogP contribution is -2.23. The highest BCUT2D eigenvalue weighted by Gasteiger charge is 2.25. The van der Waals surface area contributed by atoms with E-state index in [1.165, 1.54) is 20.5 Å². The Morgan fingerprint density at radius 2 is 2.33 bits per heavy atom. The van der Waals surface area contributed by atoms with Crippen LogP contribution in [0.5, 0.6) is 0 Å². The molecule has 1 aliphatic rings. The van der Waals surface area contributed by atoms with Crippen LogP contribution in [0.15, 0.2) is 12.1 Å². The van der Waals surface area contributed by atoms with E-state index >= 15 is 0 Å². The fourth-order valence-electron chi connectivity index (χ4n) is 2.52. The van der Waals surface area contributed by atoms with Crippen molar-refractivity contribution in [2.45, 2.75) is 19.4 Å². The predicted octanol–water partition coefficient (Wildman–Crippen LogP) is 3.70. The van der Waals surface area contributed by atoms with E-state index in [-0.39, 0.29) is 6.10 Å². The SMILES string of the molecule is CNCC1OCCc2c1sc1cc(C)c(Cl)cc21. The number of thiophene rings is 1. The number of benzene rings is 1. The monoisotopic (exact) mass is 281 g/mol. The Hall–Kier alpha value is -0.610. The van der Waals surface area contributed by atoms with Crippen LogP contribution >= 0.6 is 22.9 Å². The van der Waals surface area contributed by atoms with Gasteiger partial charge in [-0.2, -0.15) is 0 Å². The van der Waals surface area contributed by atoms with Gasteiger partial charge in [0.15, 0.2) is 0 Å². The summed E-state index contributed by atoms with van der Waals surface area (Å²) in [7, 11) is 1.96. The molecule has 1 N–H and O–H groups in total. The van der Waals surface area contributed by atoms with Crippen LogP contribution < -0.4 is 5.32 Å². The maximum absolute atomic E-state index is 6.25. The third-order valence-electron chi connectivity index (χ3n) is 3.46. The number of nitrogens with one attached hydrogen (secondary N) is 1. The summed E-state index contributed by atoms with van der Waals surface area (Å²) in [6, 6.07) is 4.31. The highest BCUT2D eigenvalue weighted by Crippen LogP contribution is 2.41. The zero-order valence-corrected chi connectivity index (χ0v) is 12.1. The molecular weight excluding hydrogens is 266 g/mol. The number of halogens is 1. The van der Waals surface area contributed by atoms with Gasteiger partial charge in [-0.3, -0.25) is 0 Å². The second kappa shape index (κ2) is 4.82. The van der Waals surface area contributed by atoms with Crippen molar-refractivity contribution in [3.8, 4) is 0 Å². The zero-order valence-electron chi connectivity index (χ0n) is 10.5. The topological polar surface area (TPSA) is 21.3 Å². The molecule has 3 rings (SSSR count). The summed E-state index contributed by atoms with van der Waals surface area (Å²) in [6.07, 6.45) is 1.19. The summed E-state index contributed by atoms with van der Waals surface area (Å²) < 4.78 is 7.18. The molecule has 0 bridgehead atoms. The van der Waals surface area contributed by atoms with Gasteiger partial charge in [-0.15, -0.1) is 11.3 Å². The smallest absolute Gasteiger partial charge is 0.104 e. The lowest BCUT2D eigenvalue weighted by Gasteiger charge is -2.22. The highest BCUT2D eigenvalue weighted by atomic mass is 35.5. The predicted molar refractivity (Wildman–Crippen MR) is 77.9 cm³/mol. The van der Waals surface area contributed by atoms with Gasteiger partial charge in [-0.25, -0.2) is 0 Å². The molecule has 0 radical (unpaired) electrons. The molecule has 2 aromatic rings. The second-order valence-electron chi connectivity index (χ2n) is 4.71. The first-order valence-corrected chi connectivity index (χ1v) is 7.37. The molecule has 0 aliphatic carbocycles. The van der Waals surface area contributed by atoms with Crippen molar-refractivity contribution in [3.63, 3.8) is 0 Å². The van der Waals surface area contributed by atoms with Crippen LogP contribution in [0, 0.1) is 6.92 Å². The molecule has 18 heavy (non-hydrogen) atoms. The molecule has 1 atom stereocenters. The third-order valence-corrected chi connectivity index (χ3v) is 5.15. The Labute approximate surface area is 116 Å². The number of aryl methyl sites for hydroxylation is 1. The number of fused-ring (bicyclic) bond motifs is 3. The van der Waals surface area contributed by atoms with E-state index < -0.39 is 0 Å². The molecule has 1 aliphatic heterocycles. The average molecular weight is 282 g/mol. The van der Waals surface area contributed by atoms with Crippen LogP contribution in [-0.4, -0.2) is 20.2 Å². The summed E-state index contributed by atoms with van der Waals surface area (Å²) in [5.41, 5.74) is 2.58. The molecule has 2 nitrogen and oxygen atoms in total. The quantitative estimate of drug-likeness (QED) is 0.906. The summed E-state index contributed by atoms with van der Waals surface area (Å²) in [5.74, 6) is 0. The molecule has 1 aromatic heterocycles. The van der Waals surface area contributed by atoms with Crippen LogP contribution in [0.4, 0.5) is 0 Å². The summed E-state index contributed by atoms with van der Waals surface area (Å²) in [4.78, 5) is 1.37. The Balaban J connectivity index is 2.17. The van der Waals surface area contributed by atoms with E-state index in [1.807, 2.05) is 18.4 Å². The lowest BCUT2D eigenvalue weighted by molar-refractivity contribution is 0.0472. The molecule has 1 aromatic carbocycles. The molecular formula is C14H16ClNOS. The maximum Gasteiger partial charge on any atom is 0.104 e. The molecule has 0 spiro atoms. The van der Waals surface area contributed by atoms with E-state index in [9.17, 15) is 0 Å². The standard InChI is InChI=1S/C14H16ClNOS/c1-8-5-13-10(6-11(8)15)9-3-4-17-12(7-16-2)14(9)18-13/h5-6,12,16H,3-4,7H2,1-2H3. The maximum atomic E-state index is 6.25. The van der Waals surface area contributed by atoms with Gasteiger partial charge in [0, 0.05) is 21.1 Å². The Morgan fingerprint density at radius 3 is 3.11 bits per heavy atom. The molecule has 0 saturated carbocycles. The highest BCUT2D eigenvalue weighted by molar-refractivity contribution is 7.19. The van der Waals surface area contributed by atoms with Gasteiger partial charge >= 0.3 is 0 Å². The van der Waals surface area contributed by atoms with Gasteiger partial charge in [0.1, 0.15) is 6.10 Å². The Bertz CT molecular complexity index is 593. The van der Waals surface area contributed by atoms with Gasteiger partial charge in [-0.1, -0.05) is 11.6 Å². The number of hydrogen-bond acceptors (Lipinski definition) is 3. The Kier molecular flexibility index (Phi) is 3.32. The van der Waals surface area contributed by atoms with Crippen molar-refractivity contribution in [3.05, 3.63) is 33.2 Å². The number of likely N-dealkylation sites (N-methyl/N-ethyl adjacent to an activating group) is 1. The molecule has 0 fully saturated rings. The molecule has 96 valence electrons. The minimum Gasteiger partial charge on any atom is -0.371 e. The molecule has 0 amide bonds.